The minimum absolute atomic E-state index is 0.584. The molecule has 0 N–H and O–H groups in total. The zero-order valence-corrected chi connectivity index (χ0v) is 7.48. The predicted molar refractivity (Wildman–Crippen MR) is 48.6 cm³/mol. The lowest BCUT2D eigenvalue weighted by Gasteiger charge is -1.95. The Kier molecular flexibility index (Phi) is 1.62. The Morgan fingerprint density at radius 3 is 2.92 bits per heavy atom. The first-order valence-electron chi connectivity index (χ1n) is 3.96. The molecule has 0 atom stereocenters. The molecule has 0 bridgehead atoms. The molecule has 2 aromatic heterocycles. The molecule has 4 heteroatoms. The summed E-state index contributed by atoms with van der Waals surface area (Å²) in [5.74, 6) is 0. The third-order valence-electron chi connectivity index (χ3n) is 2.09. The van der Waals surface area contributed by atoms with Gasteiger partial charge >= 0.3 is 0 Å². The fourth-order valence-corrected chi connectivity index (χ4v) is 1.51. The summed E-state index contributed by atoms with van der Waals surface area (Å²) in [7, 11) is 1.82. The van der Waals surface area contributed by atoms with Gasteiger partial charge in [0.2, 0.25) is 0 Å². The molecule has 0 saturated carbocycles. The first-order chi connectivity index (χ1) is 6.24. The third-order valence-corrected chi connectivity index (χ3v) is 2.09. The summed E-state index contributed by atoms with van der Waals surface area (Å²) in [5.41, 5.74) is 2.33. The molecule has 0 amide bonds. The molecule has 0 fully saturated rings. The van der Waals surface area contributed by atoms with Gasteiger partial charge in [-0.1, -0.05) is 0 Å². The van der Waals surface area contributed by atoms with Gasteiger partial charge in [0.05, 0.1) is 16.8 Å². The molecular weight excluding hydrogens is 166 g/mol. The van der Waals surface area contributed by atoms with Crippen molar-refractivity contribution in [1.82, 2.24) is 14.8 Å². The zero-order chi connectivity index (χ0) is 9.42. The second-order valence-electron chi connectivity index (χ2n) is 2.95. The van der Waals surface area contributed by atoms with E-state index in [-0.39, 0.29) is 0 Å². The number of fused-ring (bicyclic) bond motifs is 1. The van der Waals surface area contributed by atoms with E-state index >= 15 is 0 Å². The van der Waals surface area contributed by atoms with Crippen LogP contribution >= 0.6 is 0 Å². The van der Waals surface area contributed by atoms with Crippen molar-refractivity contribution in [3.63, 3.8) is 0 Å². The van der Waals surface area contributed by atoms with Crippen LogP contribution in [0.4, 0.5) is 0 Å². The number of hydrogen-bond acceptors (Lipinski definition) is 3. The van der Waals surface area contributed by atoms with Crippen molar-refractivity contribution in [2.45, 2.75) is 6.92 Å². The van der Waals surface area contributed by atoms with Gasteiger partial charge in [0.1, 0.15) is 0 Å². The highest BCUT2D eigenvalue weighted by atomic mass is 16.1. The summed E-state index contributed by atoms with van der Waals surface area (Å²) in [5, 5.41) is 5.15. The van der Waals surface area contributed by atoms with Crippen LogP contribution in [-0.4, -0.2) is 21.1 Å². The molecule has 0 aliphatic heterocycles. The van der Waals surface area contributed by atoms with Gasteiger partial charge < -0.3 is 0 Å². The first-order valence-corrected chi connectivity index (χ1v) is 3.96. The van der Waals surface area contributed by atoms with Crippen LogP contribution in [0.3, 0.4) is 0 Å². The van der Waals surface area contributed by atoms with E-state index < -0.39 is 0 Å². The number of carbonyl (C=O) groups excluding carboxylic acids is 1. The SMILES string of the molecule is Cc1nn(C)c2c(C=O)cncc12. The number of aromatic nitrogens is 3. The van der Waals surface area contributed by atoms with Crippen molar-refractivity contribution in [2.75, 3.05) is 0 Å². The van der Waals surface area contributed by atoms with Gasteiger partial charge in [-0.3, -0.25) is 14.5 Å². The van der Waals surface area contributed by atoms with Gasteiger partial charge in [-0.15, -0.1) is 0 Å². The topological polar surface area (TPSA) is 47.8 Å². The Hall–Kier alpha value is -1.71. The van der Waals surface area contributed by atoms with Gasteiger partial charge in [-0.05, 0) is 6.92 Å². The number of carbonyl (C=O) groups is 1. The average molecular weight is 175 g/mol. The van der Waals surface area contributed by atoms with Crippen molar-refractivity contribution >= 4 is 17.2 Å². The lowest BCUT2D eigenvalue weighted by Crippen LogP contribution is -1.93. The van der Waals surface area contributed by atoms with Crippen LogP contribution in [0.1, 0.15) is 16.1 Å². The van der Waals surface area contributed by atoms with Crippen LogP contribution in [-0.2, 0) is 7.05 Å². The number of nitrogens with zero attached hydrogens (tertiary/aromatic N) is 3. The third kappa shape index (κ3) is 1.02. The van der Waals surface area contributed by atoms with Crippen LogP contribution in [0, 0.1) is 6.92 Å². The van der Waals surface area contributed by atoms with E-state index in [1.54, 1.807) is 17.1 Å². The molecule has 0 aromatic carbocycles. The maximum atomic E-state index is 10.7. The molecule has 13 heavy (non-hydrogen) atoms. The van der Waals surface area contributed by atoms with E-state index in [0.717, 1.165) is 22.9 Å². The molecule has 0 aliphatic rings. The maximum Gasteiger partial charge on any atom is 0.153 e. The largest absolute Gasteiger partial charge is 0.298 e. The standard InChI is InChI=1S/C9H9N3O/c1-6-8-4-10-3-7(5-13)9(8)12(2)11-6/h3-5H,1-2H3. The van der Waals surface area contributed by atoms with Gasteiger partial charge in [-0.25, -0.2) is 0 Å². The van der Waals surface area contributed by atoms with Crippen LogP contribution < -0.4 is 0 Å². The highest BCUT2D eigenvalue weighted by Gasteiger charge is 2.08. The number of pyridine rings is 1. The molecule has 0 unspecified atom stereocenters. The van der Waals surface area contributed by atoms with Crippen LogP contribution in [0.5, 0.6) is 0 Å². The monoisotopic (exact) mass is 175 g/mol. The highest BCUT2D eigenvalue weighted by molar-refractivity contribution is 5.96. The minimum Gasteiger partial charge on any atom is -0.298 e. The summed E-state index contributed by atoms with van der Waals surface area (Å²) in [6.45, 7) is 1.90. The van der Waals surface area contributed by atoms with E-state index in [9.17, 15) is 4.79 Å². The van der Waals surface area contributed by atoms with E-state index in [0.29, 0.717) is 5.56 Å². The molecule has 0 spiro atoms. The summed E-state index contributed by atoms with van der Waals surface area (Å²) in [4.78, 5) is 14.7. The lowest BCUT2D eigenvalue weighted by atomic mass is 10.2. The number of aldehydes is 1. The Bertz CT molecular complexity index is 473. The van der Waals surface area contributed by atoms with Crippen molar-refractivity contribution in [3.8, 4) is 0 Å². The first kappa shape index (κ1) is 7.91. The van der Waals surface area contributed by atoms with Crippen LogP contribution in [0.25, 0.3) is 10.9 Å². The van der Waals surface area contributed by atoms with Crippen molar-refractivity contribution in [3.05, 3.63) is 23.7 Å². The Labute approximate surface area is 75.2 Å². The molecule has 0 saturated heterocycles. The Balaban J connectivity index is 2.96. The summed E-state index contributed by atoms with van der Waals surface area (Å²) in [6.07, 6.45) is 4.08. The van der Waals surface area contributed by atoms with Crippen molar-refractivity contribution in [1.29, 1.82) is 0 Å². The molecular formula is C9H9N3O. The Morgan fingerprint density at radius 2 is 2.23 bits per heavy atom. The average Bonchev–Trinajstić information content (AvgIpc) is 2.43. The van der Waals surface area contributed by atoms with Crippen molar-refractivity contribution < 1.29 is 4.79 Å². The van der Waals surface area contributed by atoms with E-state index in [2.05, 4.69) is 10.1 Å². The Morgan fingerprint density at radius 1 is 1.46 bits per heavy atom. The van der Waals surface area contributed by atoms with Gasteiger partial charge in [-0.2, -0.15) is 5.10 Å². The zero-order valence-electron chi connectivity index (χ0n) is 7.48. The fraction of sp³-hybridized carbons (Fsp3) is 0.222. The molecule has 0 radical (unpaired) electrons. The van der Waals surface area contributed by atoms with Crippen molar-refractivity contribution in [2.24, 2.45) is 7.05 Å². The number of rotatable bonds is 1. The highest BCUT2D eigenvalue weighted by Crippen LogP contribution is 2.18. The molecule has 4 nitrogen and oxygen atoms in total. The summed E-state index contributed by atoms with van der Waals surface area (Å²) >= 11 is 0. The van der Waals surface area contributed by atoms with Crippen LogP contribution in [0.2, 0.25) is 0 Å². The van der Waals surface area contributed by atoms with E-state index in [1.807, 2.05) is 14.0 Å². The normalized spacial score (nSPS) is 10.6. The van der Waals surface area contributed by atoms with E-state index in [4.69, 9.17) is 0 Å². The summed E-state index contributed by atoms with van der Waals surface area (Å²) < 4.78 is 1.70. The predicted octanol–water partition coefficient (Wildman–Crippen LogP) is 1.09. The fourth-order valence-electron chi connectivity index (χ4n) is 1.51. The smallest absolute Gasteiger partial charge is 0.153 e. The maximum absolute atomic E-state index is 10.7. The van der Waals surface area contributed by atoms with Gasteiger partial charge in [0.25, 0.3) is 0 Å². The van der Waals surface area contributed by atoms with E-state index in [1.165, 1.54) is 0 Å². The lowest BCUT2D eigenvalue weighted by molar-refractivity contribution is 0.112. The number of aryl methyl sites for hydroxylation is 2. The quantitative estimate of drug-likeness (QED) is 0.609. The van der Waals surface area contributed by atoms with Gasteiger partial charge in [0, 0.05) is 24.8 Å². The van der Waals surface area contributed by atoms with Gasteiger partial charge in [0.15, 0.2) is 6.29 Å². The molecule has 66 valence electrons. The number of hydrogen-bond donors (Lipinski definition) is 0. The second kappa shape index (κ2) is 2.65. The minimum atomic E-state index is 0.584. The molecule has 2 aromatic rings. The molecule has 2 rings (SSSR count). The molecule has 0 aliphatic carbocycles. The summed E-state index contributed by atoms with van der Waals surface area (Å²) in [6, 6.07) is 0. The second-order valence-corrected chi connectivity index (χ2v) is 2.95. The van der Waals surface area contributed by atoms with Crippen LogP contribution in [0.15, 0.2) is 12.4 Å². The molecule has 2 heterocycles.